The molecule has 0 saturated heterocycles. The molecule has 6 heteroatoms. The van der Waals surface area contributed by atoms with Crippen molar-refractivity contribution in [2.75, 3.05) is 18.2 Å². The van der Waals surface area contributed by atoms with Gasteiger partial charge in [0.15, 0.2) is 5.82 Å². The van der Waals surface area contributed by atoms with E-state index in [1.165, 1.54) is 7.11 Å². The molecule has 0 radical (unpaired) electrons. The Kier molecular flexibility index (Phi) is 4.24. The molecule has 0 fully saturated rings. The van der Waals surface area contributed by atoms with E-state index in [0.29, 0.717) is 18.2 Å². The molecule has 0 aliphatic carbocycles. The SMILES string of the molecule is CCCn1nc(Nc2ccccc2)c(C(=O)OC)c1N. The monoisotopic (exact) mass is 274 g/mol. The van der Waals surface area contributed by atoms with Crippen LogP contribution >= 0.6 is 0 Å². The van der Waals surface area contributed by atoms with Gasteiger partial charge < -0.3 is 15.8 Å². The lowest BCUT2D eigenvalue weighted by molar-refractivity contribution is 0.0603. The van der Waals surface area contributed by atoms with Gasteiger partial charge >= 0.3 is 5.97 Å². The number of nitrogens with one attached hydrogen (secondary N) is 1. The van der Waals surface area contributed by atoms with Gasteiger partial charge in [-0.05, 0) is 18.6 Å². The molecule has 0 aliphatic rings. The van der Waals surface area contributed by atoms with Crippen LogP contribution in [0.15, 0.2) is 30.3 Å². The van der Waals surface area contributed by atoms with Crippen LogP contribution in [0.25, 0.3) is 0 Å². The molecule has 3 N–H and O–H groups in total. The number of hydrogen-bond donors (Lipinski definition) is 2. The fraction of sp³-hybridized carbons (Fsp3) is 0.286. The molecule has 1 aromatic heterocycles. The molecule has 2 aromatic rings. The second-order valence-electron chi connectivity index (χ2n) is 4.31. The van der Waals surface area contributed by atoms with E-state index in [9.17, 15) is 4.79 Å². The Bertz CT molecular complexity index is 593. The summed E-state index contributed by atoms with van der Waals surface area (Å²) < 4.78 is 6.38. The molecule has 1 heterocycles. The molecule has 106 valence electrons. The van der Waals surface area contributed by atoms with E-state index in [1.807, 2.05) is 37.3 Å². The van der Waals surface area contributed by atoms with Crippen LogP contribution in [0.5, 0.6) is 0 Å². The summed E-state index contributed by atoms with van der Waals surface area (Å²) in [5.74, 6) is 0.231. The fourth-order valence-corrected chi connectivity index (χ4v) is 1.91. The van der Waals surface area contributed by atoms with E-state index in [1.54, 1.807) is 4.68 Å². The van der Waals surface area contributed by atoms with E-state index in [0.717, 1.165) is 12.1 Å². The first-order valence-corrected chi connectivity index (χ1v) is 6.44. The number of carbonyl (C=O) groups excluding carboxylic acids is 1. The first-order chi connectivity index (χ1) is 9.67. The average molecular weight is 274 g/mol. The number of benzene rings is 1. The predicted molar refractivity (Wildman–Crippen MR) is 78.0 cm³/mol. The van der Waals surface area contributed by atoms with Crippen molar-refractivity contribution in [1.29, 1.82) is 0 Å². The fourth-order valence-electron chi connectivity index (χ4n) is 1.91. The second kappa shape index (κ2) is 6.10. The summed E-state index contributed by atoms with van der Waals surface area (Å²) in [5, 5.41) is 7.44. The number of nitrogens with two attached hydrogens (primary N) is 1. The molecular formula is C14H18N4O2. The maximum absolute atomic E-state index is 11.9. The van der Waals surface area contributed by atoms with Gasteiger partial charge in [0.25, 0.3) is 0 Å². The Hall–Kier alpha value is -2.50. The lowest BCUT2D eigenvalue weighted by Crippen LogP contribution is -2.08. The highest BCUT2D eigenvalue weighted by atomic mass is 16.5. The number of ether oxygens (including phenoxy) is 1. The van der Waals surface area contributed by atoms with Crippen molar-refractivity contribution in [3.63, 3.8) is 0 Å². The van der Waals surface area contributed by atoms with Crippen LogP contribution in [0.4, 0.5) is 17.3 Å². The third kappa shape index (κ3) is 2.74. The Morgan fingerprint density at radius 1 is 1.40 bits per heavy atom. The van der Waals surface area contributed by atoms with Gasteiger partial charge in [0.2, 0.25) is 0 Å². The molecule has 0 atom stereocenters. The van der Waals surface area contributed by atoms with Crippen LogP contribution in [-0.4, -0.2) is 22.9 Å². The Balaban J connectivity index is 2.40. The number of carbonyl (C=O) groups is 1. The molecule has 0 spiro atoms. The molecular weight excluding hydrogens is 256 g/mol. The van der Waals surface area contributed by atoms with Crippen LogP contribution in [0.2, 0.25) is 0 Å². The Morgan fingerprint density at radius 3 is 2.70 bits per heavy atom. The second-order valence-corrected chi connectivity index (χ2v) is 4.31. The van der Waals surface area contributed by atoms with Crippen LogP contribution in [0.1, 0.15) is 23.7 Å². The van der Waals surface area contributed by atoms with Gasteiger partial charge in [-0.2, -0.15) is 5.10 Å². The molecule has 1 aromatic carbocycles. The van der Waals surface area contributed by atoms with Crippen molar-refractivity contribution >= 4 is 23.3 Å². The summed E-state index contributed by atoms with van der Waals surface area (Å²) in [6.07, 6.45) is 0.872. The van der Waals surface area contributed by atoms with Crippen molar-refractivity contribution in [2.24, 2.45) is 0 Å². The van der Waals surface area contributed by atoms with Crippen molar-refractivity contribution in [1.82, 2.24) is 9.78 Å². The summed E-state index contributed by atoms with van der Waals surface area (Å²) in [7, 11) is 1.32. The number of anilines is 3. The molecule has 0 saturated carbocycles. The summed E-state index contributed by atoms with van der Waals surface area (Å²) in [6.45, 7) is 2.66. The maximum Gasteiger partial charge on any atom is 0.345 e. The van der Waals surface area contributed by atoms with Crippen LogP contribution in [0, 0.1) is 0 Å². The average Bonchev–Trinajstić information content (AvgIpc) is 2.76. The van der Waals surface area contributed by atoms with Gasteiger partial charge in [-0.15, -0.1) is 0 Å². The number of hydrogen-bond acceptors (Lipinski definition) is 5. The number of para-hydroxylation sites is 1. The van der Waals surface area contributed by atoms with Crippen molar-refractivity contribution in [2.45, 2.75) is 19.9 Å². The van der Waals surface area contributed by atoms with Crippen LogP contribution < -0.4 is 11.1 Å². The van der Waals surface area contributed by atoms with E-state index < -0.39 is 5.97 Å². The van der Waals surface area contributed by atoms with E-state index in [2.05, 4.69) is 10.4 Å². The van der Waals surface area contributed by atoms with Gasteiger partial charge in [0, 0.05) is 12.2 Å². The predicted octanol–water partition coefficient (Wildman–Crippen LogP) is 2.41. The zero-order chi connectivity index (χ0) is 14.5. The summed E-state index contributed by atoms with van der Waals surface area (Å²) >= 11 is 0. The van der Waals surface area contributed by atoms with Gasteiger partial charge in [-0.3, -0.25) is 0 Å². The topological polar surface area (TPSA) is 82.2 Å². The van der Waals surface area contributed by atoms with Gasteiger partial charge in [0.1, 0.15) is 11.4 Å². The largest absolute Gasteiger partial charge is 0.465 e. The summed E-state index contributed by atoms with van der Waals surface area (Å²) in [4.78, 5) is 11.9. The highest BCUT2D eigenvalue weighted by Gasteiger charge is 2.22. The first-order valence-electron chi connectivity index (χ1n) is 6.44. The molecule has 6 nitrogen and oxygen atoms in total. The standard InChI is InChI=1S/C14H18N4O2/c1-3-9-18-12(15)11(14(19)20-2)13(17-18)16-10-7-5-4-6-8-10/h4-8H,3,9,15H2,1-2H3,(H,16,17). The van der Waals surface area contributed by atoms with E-state index in [-0.39, 0.29) is 5.56 Å². The van der Waals surface area contributed by atoms with Gasteiger partial charge in [-0.1, -0.05) is 25.1 Å². The third-order valence-electron chi connectivity index (χ3n) is 2.85. The Morgan fingerprint density at radius 2 is 2.10 bits per heavy atom. The molecule has 20 heavy (non-hydrogen) atoms. The number of nitrogen functional groups attached to an aromatic ring is 1. The maximum atomic E-state index is 11.9. The zero-order valence-corrected chi connectivity index (χ0v) is 11.6. The number of nitrogens with zero attached hydrogens (tertiary/aromatic N) is 2. The molecule has 0 unspecified atom stereocenters. The van der Waals surface area contributed by atoms with Gasteiger partial charge in [-0.25, -0.2) is 9.48 Å². The number of esters is 1. The third-order valence-corrected chi connectivity index (χ3v) is 2.85. The van der Waals surface area contributed by atoms with E-state index in [4.69, 9.17) is 10.5 Å². The first kappa shape index (κ1) is 13.9. The lowest BCUT2D eigenvalue weighted by atomic mass is 10.2. The number of methoxy groups -OCH3 is 1. The van der Waals surface area contributed by atoms with Crippen molar-refractivity contribution in [3.05, 3.63) is 35.9 Å². The van der Waals surface area contributed by atoms with E-state index >= 15 is 0 Å². The highest BCUT2D eigenvalue weighted by Crippen LogP contribution is 2.26. The normalized spacial score (nSPS) is 10.3. The zero-order valence-electron chi connectivity index (χ0n) is 11.6. The van der Waals surface area contributed by atoms with Gasteiger partial charge in [0.05, 0.1) is 7.11 Å². The lowest BCUT2D eigenvalue weighted by Gasteiger charge is -2.04. The summed E-state index contributed by atoms with van der Waals surface area (Å²) in [5.41, 5.74) is 7.08. The molecule has 0 bridgehead atoms. The van der Waals surface area contributed by atoms with Crippen LogP contribution in [0.3, 0.4) is 0 Å². The molecule has 0 aliphatic heterocycles. The number of aryl methyl sites for hydroxylation is 1. The number of rotatable bonds is 5. The smallest absolute Gasteiger partial charge is 0.345 e. The quantitative estimate of drug-likeness (QED) is 0.818. The molecule has 2 rings (SSSR count). The van der Waals surface area contributed by atoms with Crippen molar-refractivity contribution in [3.8, 4) is 0 Å². The minimum absolute atomic E-state index is 0.268. The molecule has 0 amide bonds. The minimum atomic E-state index is -0.497. The number of aromatic nitrogens is 2. The highest BCUT2D eigenvalue weighted by molar-refractivity contribution is 6.00. The van der Waals surface area contributed by atoms with Crippen molar-refractivity contribution < 1.29 is 9.53 Å². The Labute approximate surface area is 117 Å². The minimum Gasteiger partial charge on any atom is -0.465 e. The summed E-state index contributed by atoms with van der Waals surface area (Å²) in [6, 6.07) is 9.47. The van der Waals surface area contributed by atoms with Crippen LogP contribution in [-0.2, 0) is 11.3 Å².